The minimum absolute atomic E-state index is 0.0118. The maximum Gasteiger partial charge on any atom is 0.324 e. The lowest BCUT2D eigenvalue weighted by atomic mass is 10.1. The Labute approximate surface area is 140 Å². The molecular weight excluding hydrogens is 310 g/mol. The predicted octanol–water partition coefficient (Wildman–Crippen LogP) is 0.644. The highest BCUT2D eigenvalue weighted by Gasteiger charge is 2.39. The summed E-state index contributed by atoms with van der Waals surface area (Å²) >= 11 is 0. The van der Waals surface area contributed by atoms with Gasteiger partial charge >= 0.3 is 6.03 Å². The van der Waals surface area contributed by atoms with Crippen LogP contribution in [0.5, 0.6) is 0 Å². The molecule has 4 amide bonds. The molecule has 2 aliphatic heterocycles. The summed E-state index contributed by atoms with van der Waals surface area (Å²) in [5.41, 5.74) is 1.94. The molecule has 0 bridgehead atoms. The van der Waals surface area contributed by atoms with E-state index in [1.165, 1.54) is 4.90 Å². The van der Waals surface area contributed by atoms with Crippen LogP contribution in [0.4, 0.5) is 4.79 Å². The molecule has 0 unspecified atom stereocenters. The van der Waals surface area contributed by atoms with E-state index in [-0.39, 0.29) is 18.2 Å². The highest BCUT2D eigenvalue weighted by molar-refractivity contribution is 6.05. The van der Waals surface area contributed by atoms with Crippen molar-refractivity contribution < 1.29 is 14.4 Å². The molecule has 0 radical (unpaired) electrons. The number of hydrogen-bond donors (Lipinski definition) is 1. The number of hydrogen-bond acceptors (Lipinski definition) is 4. The Kier molecular flexibility index (Phi) is 4.55. The van der Waals surface area contributed by atoms with Gasteiger partial charge in [0.15, 0.2) is 0 Å². The fourth-order valence-corrected chi connectivity index (χ4v) is 3.27. The van der Waals surface area contributed by atoms with Crippen molar-refractivity contribution in [1.82, 2.24) is 24.9 Å². The van der Waals surface area contributed by atoms with Crippen LogP contribution in [-0.4, -0.2) is 56.6 Å². The SMILES string of the molecule is CCCN1C(=O)N[C@H](CC(=O)N2CCCn3nc(C)cc3C2)C1=O. The molecule has 1 saturated heterocycles. The van der Waals surface area contributed by atoms with Crippen molar-refractivity contribution in [1.29, 1.82) is 0 Å². The van der Waals surface area contributed by atoms with Crippen LogP contribution in [0.3, 0.4) is 0 Å². The zero-order valence-corrected chi connectivity index (χ0v) is 14.1. The molecule has 0 spiro atoms. The minimum Gasteiger partial charge on any atom is -0.337 e. The van der Waals surface area contributed by atoms with Gasteiger partial charge < -0.3 is 10.2 Å². The van der Waals surface area contributed by atoms with Crippen LogP contribution in [-0.2, 0) is 22.7 Å². The molecule has 1 N–H and O–H groups in total. The lowest BCUT2D eigenvalue weighted by Crippen LogP contribution is -2.39. The van der Waals surface area contributed by atoms with Crippen molar-refractivity contribution in [3.63, 3.8) is 0 Å². The summed E-state index contributed by atoms with van der Waals surface area (Å²) in [6, 6.07) is 0.840. The van der Waals surface area contributed by atoms with Gasteiger partial charge in [0.05, 0.1) is 24.4 Å². The van der Waals surface area contributed by atoms with E-state index in [0.29, 0.717) is 26.1 Å². The number of carbonyl (C=O) groups excluding carboxylic acids is 3. The number of nitrogens with one attached hydrogen (secondary N) is 1. The van der Waals surface area contributed by atoms with Crippen molar-refractivity contribution in [3.05, 3.63) is 17.5 Å². The van der Waals surface area contributed by atoms with E-state index in [1.807, 2.05) is 24.6 Å². The predicted molar refractivity (Wildman–Crippen MR) is 85.9 cm³/mol. The minimum atomic E-state index is -0.744. The van der Waals surface area contributed by atoms with Crippen molar-refractivity contribution in [2.75, 3.05) is 13.1 Å². The molecule has 3 heterocycles. The summed E-state index contributed by atoms with van der Waals surface area (Å²) in [5, 5.41) is 7.04. The molecule has 1 fully saturated rings. The number of aromatic nitrogens is 2. The Morgan fingerprint density at radius 3 is 2.92 bits per heavy atom. The summed E-state index contributed by atoms with van der Waals surface area (Å²) in [5.74, 6) is -0.412. The topological polar surface area (TPSA) is 87.5 Å². The lowest BCUT2D eigenvalue weighted by Gasteiger charge is -2.21. The maximum atomic E-state index is 12.6. The van der Waals surface area contributed by atoms with Gasteiger partial charge in [-0.15, -0.1) is 0 Å². The molecule has 8 heteroatoms. The Balaban J connectivity index is 1.65. The zero-order valence-electron chi connectivity index (χ0n) is 14.1. The van der Waals surface area contributed by atoms with Gasteiger partial charge in [-0.05, 0) is 25.8 Å². The standard InChI is InChI=1S/C16H23N5O3/c1-3-5-20-15(23)13(17-16(20)24)9-14(22)19-6-4-7-21-12(10-19)8-11(2)18-21/h8,13H,3-7,9-10H2,1-2H3,(H,17,24)/t13-/m1/s1. The van der Waals surface area contributed by atoms with E-state index in [9.17, 15) is 14.4 Å². The number of carbonyl (C=O) groups is 3. The van der Waals surface area contributed by atoms with E-state index in [4.69, 9.17) is 0 Å². The number of nitrogens with zero attached hydrogens (tertiary/aromatic N) is 4. The molecule has 0 saturated carbocycles. The molecular formula is C16H23N5O3. The molecule has 0 aliphatic carbocycles. The van der Waals surface area contributed by atoms with Crippen LogP contribution in [0.25, 0.3) is 0 Å². The highest BCUT2D eigenvalue weighted by atomic mass is 16.2. The second-order valence-electron chi connectivity index (χ2n) is 6.37. The molecule has 3 rings (SSSR count). The highest BCUT2D eigenvalue weighted by Crippen LogP contribution is 2.17. The van der Waals surface area contributed by atoms with E-state index < -0.39 is 12.1 Å². The summed E-state index contributed by atoms with van der Waals surface area (Å²) in [7, 11) is 0. The molecule has 1 aromatic heterocycles. The van der Waals surface area contributed by atoms with Crippen molar-refractivity contribution in [3.8, 4) is 0 Å². The number of imide groups is 1. The summed E-state index contributed by atoms with van der Waals surface area (Å²) in [4.78, 5) is 39.6. The number of rotatable bonds is 4. The first-order valence-corrected chi connectivity index (χ1v) is 8.42. The third kappa shape index (κ3) is 3.13. The fourth-order valence-electron chi connectivity index (χ4n) is 3.27. The summed E-state index contributed by atoms with van der Waals surface area (Å²) in [6.07, 6.45) is 1.54. The molecule has 130 valence electrons. The lowest BCUT2D eigenvalue weighted by molar-refractivity contribution is -0.136. The monoisotopic (exact) mass is 333 g/mol. The van der Waals surface area contributed by atoms with E-state index in [1.54, 1.807) is 4.90 Å². The first-order valence-electron chi connectivity index (χ1n) is 8.42. The van der Waals surface area contributed by atoms with Crippen molar-refractivity contribution in [2.24, 2.45) is 0 Å². The van der Waals surface area contributed by atoms with Gasteiger partial charge in [0.25, 0.3) is 5.91 Å². The zero-order chi connectivity index (χ0) is 17.3. The normalized spacial score (nSPS) is 20.8. The Morgan fingerprint density at radius 1 is 1.38 bits per heavy atom. The average molecular weight is 333 g/mol. The van der Waals surface area contributed by atoms with Crippen molar-refractivity contribution >= 4 is 17.8 Å². The number of amides is 4. The third-order valence-corrected chi connectivity index (χ3v) is 4.42. The molecule has 1 aromatic rings. The Hall–Kier alpha value is -2.38. The molecule has 1 atom stereocenters. The smallest absolute Gasteiger partial charge is 0.324 e. The molecule has 24 heavy (non-hydrogen) atoms. The molecule has 0 aromatic carbocycles. The Morgan fingerprint density at radius 2 is 2.17 bits per heavy atom. The number of urea groups is 1. The van der Waals surface area contributed by atoms with Gasteiger partial charge in [0.1, 0.15) is 6.04 Å². The van der Waals surface area contributed by atoms with Crippen molar-refractivity contribution in [2.45, 2.75) is 52.2 Å². The second kappa shape index (κ2) is 6.62. The quantitative estimate of drug-likeness (QED) is 0.819. The van der Waals surface area contributed by atoms with Gasteiger partial charge in [-0.1, -0.05) is 6.92 Å². The van der Waals surface area contributed by atoms with Gasteiger partial charge in [0.2, 0.25) is 5.91 Å². The van der Waals surface area contributed by atoms with E-state index in [0.717, 1.165) is 24.4 Å². The van der Waals surface area contributed by atoms with E-state index in [2.05, 4.69) is 10.4 Å². The first kappa shape index (κ1) is 16.5. The van der Waals surface area contributed by atoms with Crippen LogP contribution in [0.15, 0.2) is 6.07 Å². The van der Waals surface area contributed by atoms with Gasteiger partial charge in [0, 0.05) is 19.6 Å². The van der Waals surface area contributed by atoms with Gasteiger partial charge in [-0.3, -0.25) is 19.2 Å². The first-order chi connectivity index (χ1) is 11.5. The Bertz CT molecular complexity index is 669. The third-order valence-electron chi connectivity index (χ3n) is 4.42. The summed E-state index contributed by atoms with van der Waals surface area (Å²) < 4.78 is 1.94. The van der Waals surface area contributed by atoms with Gasteiger partial charge in [-0.2, -0.15) is 5.10 Å². The van der Waals surface area contributed by atoms with Crippen LogP contribution in [0.2, 0.25) is 0 Å². The second-order valence-corrected chi connectivity index (χ2v) is 6.37. The van der Waals surface area contributed by atoms with Crippen LogP contribution >= 0.6 is 0 Å². The van der Waals surface area contributed by atoms with Crippen LogP contribution in [0, 0.1) is 6.92 Å². The van der Waals surface area contributed by atoms with Crippen LogP contribution in [0.1, 0.15) is 37.6 Å². The summed E-state index contributed by atoms with van der Waals surface area (Å²) in [6.45, 7) is 6.14. The maximum absolute atomic E-state index is 12.6. The molecule has 2 aliphatic rings. The van der Waals surface area contributed by atoms with Crippen LogP contribution < -0.4 is 5.32 Å². The largest absolute Gasteiger partial charge is 0.337 e. The fraction of sp³-hybridized carbons (Fsp3) is 0.625. The molecule has 8 nitrogen and oxygen atoms in total. The number of fused-ring (bicyclic) bond motifs is 1. The average Bonchev–Trinajstić information content (AvgIpc) is 2.92. The van der Waals surface area contributed by atoms with Gasteiger partial charge in [-0.25, -0.2) is 4.79 Å². The van der Waals surface area contributed by atoms with E-state index >= 15 is 0 Å². The number of aryl methyl sites for hydroxylation is 2.